The minimum absolute atomic E-state index is 0.0655. The lowest BCUT2D eigenvalue weighted by Gasteiger charge is -2.55. The van der Waals surface area contributed by atoms with E-state index in [-0.39, 0.29) is 23.7 Å². The predicted molar refractivity (Wildman–Crippen MR) is 144 cm³/mol. The van der Waals surface area contributed by atoms with Crippen LogP contribution in [0.1, 0.15) is 90.4 Å². The quantitative estimate of drug-likeness (QED) is 0.299. The molecular weight excluding hydrogens is 452 g/mol. The lowest BCUT2D eigenvalue weighted by molar-refractivity contribution is -0.0932. The number of nitrogens with one attached hydrogen (secondary N) is 1. The van der Waals surface area contributed by atoms with Gasteiger partial charge in [-0.15, -0.1) is 0 Å². The molecule has 0 spiro atoms. The Bertz CT molecular complexity index is 693. The van der Waals surface area contributed by atoms with Crippen molar-refractivity contribution >= 4 is 6.09 Å². The second-order valence-electron chi connectivity index (χ2n) is 12.6. The summed E-state index contributed by atoms with van der Waals surface area (Å²) in [5.74, 6) is 3.84. The van der Waals surface area contributed by atoms with Gasteiger partial charge in [-0.05, 0) is 145 Å². The zero-order valence-corrected chi connectivity index (χ0v) is 22.8. The van der Waals surface area contributed by atoms with Gasteiger partial charge in [0.2, 0.25) is 0 Å². The van der Waals surface area contributed by atoms with Crippen molar-refractivity contribution in [3.05, 3.63) is 0 Å². The normalized spacial score (nSPS) is 37.6. The number of aliphatic hydroxyl groups excluding tert-OH is 1. The Morgan fingerprint density at radius 2 is 1.67 bits per heavy atom. The van der Waals surface area contributed by atoms with Gasteiger partial charge in [0.25, 0.3) is 0 Å². The Morgan fingerprint density at radius 3 is 2.47 bits per heavy atom. The second-order valence-corrected chi connectivity index (χ2v) is 12.6. The smallest absolute Gasteiger partial charge is 0.410 e. The van der Waals surface area contributed by atoms with E-state index in [9.17, 15) is 9.90 Å². The van der Waals surface area contributed by atoms with Crippen molar-refractivity contribution in [3.8, 4) is 0 Å². The maximum atomic E-state index is 13.1. The van der Waals surface area contributed by atoms with Gasteiger partial charge in [0.15, 0.2) is 0 Å². The van der Waals surface area contributed by atoms with Gasteiger partial charge in [0, 0.05) is 13.1 Å². The number of nitrogens with zero attached hydrogens (tertiary/aromatic N) is 1. The highest BCUT2D eigenvalue weighted by Crippen LogP contribution is 2.62. The van der Waals surface area contributed by atoms with E-state index in [1.54, 1.807) is 0 Å². The van der Waals surface area contributed by atoms with Crippen LogP contribution in [0, 0.1) is 35.0 Å². The zero-order chi connectivity index (χ0) is 25.5. The van der Waals surface area contributed by atoms with Crippen LogP contribution in [0.5, 0.6) is 0 Å². The molecule has 0 bridgehead atoms. The molecule has 1 amide bonds. The van der Waals surface area contributed by atoms with Crippen LogP contribution in [-0.2, 0) is 4.74 Å². The molecule has 4 aliphatic rings. The minimum atomic E-state index is -0.134. The predicted octanol–water partition coefficient (Wildman–Crippen LogP) is 3.87. The fourth-order valence-corrected chi connectivity index (χ4v) is 8.59. The highest BCUT2D eigenvalue weighted by Gasteiger charge is 2.56. The maximum absolute atomic E-state index is 13.1. The lowest BCUT2D eigenvalue weighted by atomic mass is 9.50. The molecule has 0 aromatic carbocycles. The topological polar surface area (TPSA) is 114 Å². The molecule has 4 aliphatic carbocycles. The molecule has 0 radical (unpaired) electrons. The van der Waals surface area contributed by atoms with Gasteiger partial charge in [-0.2, -0.15) is 0 Å². The van der Waals surface area contributed by atoms with E-state index < -0.39 is 0 Å². The van der Waals surface area contributed by atoms with E-state index in [1.807, 2.05) is 4.90 Å². The molecule has 7 nitrogen and oxygen atoms in total. The molecule has 4 fully saturated rings. The summed E-state index contributed by atoms with van der Waals surface area (Å²) >= 11 is 0. The van der Waals surface area contributed by atoms with Gasteiger partial charge in [-0.3, -0.25) is 0 Å². The summed E-state index contributed by atoms with van der Waals surface area (Å²) in [7, 11) is 0. The van der Waals surface area contributed by atoms with Crippen molar-refractivity contribution in [1.29, 1.82) is 0 Å². The molecule has 6 N–H and O–H groups in total. The maximum Gasteiger partial charge on any atom is 0.410 e. The summed E-state index contributed by atoms with van der Waals surface area (Å²) in [5.41, 5.74) is 11.4. The van der Waals surface area contributed by atoms with Crippen molar-refractivity contribution in [2.45, 2.75) is 103 Å². The number of unbranched alkanes of at least 4 members (excludes halogenated alkanes) is 1. The van der Waals surface area contributed by atoms with E-state index in [4.69, 9.17) is 16.2 Å². The van der Waals surface area contributed by atoms with Crippen molar-refractivity contribution in [3.63, 3.8) is 0 Å². The largest absolute Gasteiger partial charge is 0.446 e. The second kappa shape index (κ2) is 13.3. The molecule has 0 aromatic rings. The van der Waals surface area contributed by atoms with Crippen molar-refractivity contribution in [2.24, 2.45) is 46.5 Å². The van der Waals surface area contributed by atoms with Crippen LogP contribution in [0.15, 0.2) is 0 Å². The molecule has 36 heavy (non-hydrogen) atoms. The molecule has 0 aliphatic heterocycles. The van der Waals surface area contributed by atoms with E-state index in [0.29, 0.717) is 19.0 Å². The fourth-order valence-electron chi connectivity index (χ4n) is 8.59. The van der Waals surface area contributed by atoms with E-state index >= 15 is 0 Å². The average molecular weight is 507 g/mol. The van der Waals surface area contributed by atoms with Crippen LogP contribution in [0.4, 0.5) is 4.79 Å². The minimum Gasteiger partial charge on any atom is -0.446 e. The summed E-state index contributed by atoms with van der Waals surface area (Å²) in [4.78, 5) is 15.0. The summed E-state index contributed by atoms with van der Waals surface area (Å²) in [6, 6.07) is 0. The van der Waals surface area contributed by atoms with Gasteiger partial charge in [-0.1, -0.05) is 6.92 Å². The molecule has 4 saturated carbocycles. The molecule has 3 unspecified atom stereocenters. The Kier molecular flexibility index (Phi) is 10.4. The Labute approximate surface area is 219 Å². The fraction of sp³-hybridized carbons (Fsp3) is 0.966. The monoisotopic (exact) mass is 506 g/mol. The first-order valence-electron chi connectivity index (χ1n) is 15.2. The number of ether oxygens (including phenoxy) is 1. The molecule has 0 heterocycles. The number of aliphatic hydroxyl groups is 1. The van der Waals surface area contributed by atoms with Crippen molar-refractivity contribution < 1.29 is 14.6 Å². The number of hydrogen-bond donors (Lipinski definition) is 4. The molecular formula is C29H54N4O3. The number of amides is 1. The van der Waals surface area contributed by atoms with Crippen LogP contribution in [-0.4, -0.2) is 67.6 Å². The van der Waals surface area contributed by atoms with Crippen LogP contribution < -0.4 is 16.8 Å². The van der Waals surface area contributed by atoms with Gasteiger partial charge in [0.1, 0.15) is 6.10 Å². The Morgan fingerprint density at radius 1 is 0.917 bits per heavy atom. The first-order valence-corrected chi connectivity index (χ1v) is 15.2. The van der Waals surface area contributed by atoms with E-state index in [2.05, 4.69) is 12.2 Å². The third-order valence-electron chi connectivity index (χ3n) is 10.6. The van der Waals surface area contributed by atoms with Crippen molar-refractivity contribution in [1.82, 2.24) is 10.2 Å². The first-order chi connectivity index (χ1) is 17.5. The molecule has 4 rings (SSSR count). The first kappa shape index (κ1) is 28.1. The Balaban J connectivity index is 1.24. The summed E-state index contributed by atoms with van der Waals surface area (Å²) in [5, 5.41) is 14.1. The lowest BCUT2D eigenvalue weighted by Crippen LogP contribution is -2.50. The van der Waals surface area contributed by atoms with Crippen LogP contribution in [0.2, 0.25) is 0 Å². The molecule has 208 valence electrons. The number of carbonyl (C=O) groups is 1. The zero-order valence-electron chi connectivity index (χ0n) is 22.8. The van der Waals surface area contributed by atoms with Gasteiger partial charge < -0.3 is 31.5 Å². The van der Waals surface area contributed by atoms with Crippen molar-refractivity contribution in [2.75, 3.05) is 39.3 Å². The van der Waals surface area contributed by atoms with E-state index in [1.165, 1.54) is 38.5 Å². The Hall–Kier alpha value is -0.890. The summed E-state index contributed by atoms with van der Waals surface area (Å²) in [6.45, 7) is 7.03. The standard InChI is InChI=1S/C29H54N4O3/c1-29-13-12-24-23-9-7-22(20-21(23)6-8-25(24)26(29)10-11-27(29)34)36-28(35)33(19-5-15-31)18-3-2-16-32-17-4-14-30/h21-27,32,34H,2-20,30-31H2,1H3/t21?,22?,23?,24-,25-,26+,27+,29+/m1/s1. The number of carbonyl (C=O) groups excluding carboxylic acids is 1. The number of fused-ring (bicyclic) bond motifs is 5. The summed E-state index contributed by atoms with van der Waals surface area (Å²) < 4.78 is 6.13. The highest BCUT2D eigenvalue weighted by atomic mass is 16.6. The highest BCUT2D eigenvalue weighted by molar-refractivity contribution is 5.67. The third kappa shape index (κ3) is 6.39. The number of nitrogens with two attached hydrogens (primary N) is 2. The van der Waals surface area contributed by atoms with Gasteiger partial charge in [0.05, 0.1) is 6.10 Å². The van der Waals surface area contributed by atoms with Gasteiger partial charge >= 0.3 is 6.09 Å². The average Bonchev–Trinajstić information content (AvgIpc) is 3.19. The number of hydrogen-bond acceptors (Lipinski definition) is 6. The molecule has 7 heteroatoms. The van der Waals surface area contributed by atoms with Gasteiger partial charge in [-0.25, -0.2) is 4.79 Å². The molecule has 0 saturated heterocycles. The molecule has 8 atom stereocenters. The number of rotatable bonds is 12. The third-order valence-corrected chi connectivity index (χ3v) is 10.6. The van der Waals surface area contributed by atoms with Crippen LogP contribution >= 0.6 is 0 Å². The van der Waals surface area contributed by atoms with Crippen LogP contribution in [0.3, 0.4) is 0 Å². The van der Waals surface area contributed by atoms with E-state index in [0.717, 1.165) is 94.8 Å². The summed E-state index contributed by atoms with van der Waals surface area (Å²) in [6.07, 6.45) is 14.2. The van der Waals surface area contributed by atoms with Crippen LogP contribution in [0.25, 0.3) is 0 Å². The molecule has 0 aromatic heterocycles. The SMILES string of the molecule is C[C@]12CC[C@@H]3C4CCC(OC(=O)N(CCCN)CCCCNCCCN)CC4CC[C@H]3[C@@H]1CC[C@@H]2O.